The van der Waals surface area contributed by atoms with E-state index in [1.54, 1.807) is 31.2 Å². The van der Waals surface area contributed by atoms with Gasteiger partial charge in [0.2, 0.25) is 0 Å². The molecule has 1 aliphatic heterocycles. The van der Waals surface area contributed by atoms with Crippen molar-refractivity contribution in [3.8, 4) is 0 Å². The molecule has 0 aliphatic carbocycles. The number of cyclic esters (lactones) is 1. The summed E-state index contributed by atoms with van der Waals surface area (Å²) >= 11 is 0. The van der Waals surface area contributed by atoms with Gasteiger partial charge in [-0.25, -0.2) is 14.0 Å². The first-order valence-electron chi connectivity index (χ1n) is 7.24. The Balaban J connectivity index is 1.99. The van der Waals surface area contributed by atoms with Gasteiger partial charge >= 0.3 is 12.2 Å². The second kappa shape index (κ2) is 5.84. The number of nitrogens with one attached hydrogen (secondary N) is 1. The predicted molar refractivity (Wildman–Crippen MR) is 85.7 cm³/mol. The summed E-state index contributed by atoms with van der Waals surface area (Å²) in [5, 5.41) is 12.1. The zero-order chi connectivity index (χ0) is 17.3. The number of anilines is 2. The van der Waals surface area contributed by atoms with Gasteiger partial charge in [-0.2, -0.15) is 0 Å². The second-order valence-electron chi connectivity index (χ2n) is 5.64. The quantitative estimate of drug-likeness (QED) is 0.897. The van der Waals surface area contributed by atoms with Crippen LogP contribution < -0.4 is 10.2 Å². The molecule has 0 spiro atoms. The maximum atomic E-state index is 13.1. The molecule has 24 heavy (non-hydrogen) atoms. The first kappa shape index (κ1) is 15.8. The third-order valence-electron chi connectivity index (χ3n) is 3.88. The predicted octanol–water partition coefficient (Wildman–Crippen LogP) is 3.79. The summed E-state index contributed by atoms with van der Waals surface area (Å²) in [5.74, 6) is -0.464. The molecule has 1 unspecified atom stereocenters. The lowest BCUT2D eigenvalue weighted by atomic mass is 9.92. The van der Waals surface area contributed by atoms with Crippen molar-refractivity contribution in [3.63, 3.8) is 0 Å². The van der Waals surface area contributed by atoms with Crippen molar-refractivity contribution in [2.24, 2.45) is 0 Å². The largest absolute Gasteiger partial charge is 0.465 e. The molecule has 0 radical (unpaired) electrons. The van der Waals surface area contributed by atoms with Crippen LogP contribution in [0.4, 0.5) is 25.4 Å². The maximum Gasteiger partial charge on any atom is 0.412 e. The SMILES string of the molecule is CC1(CN(C(=O)O)c2ccc(F)cc2)OC(=O)Nc2ccccc21. The number of para-hydroxylation sites is 1. The molecular weight excluding hydrogens is 315 g/mol. The maximum absolute atomic E-state index is 13.1. The minimum atomic E-state index is -1.23. The normalized spacial score (nSPS) is 19.0. The highest BCUT2D eigenvalue weighted by molar-refractivity contribution is 5.90. The number of carboxylic acid groups (broad SMARTS) is 1. The third kappa shape index (κ3) is 2.88. The standard InChI is InChI=1S/C17H15FN2O4/c1-17(13-4-2-3-5-14(13)19-15(21)24-17)10-20(16(22)23)12-8-6-11(18)7-9-12/h2-9H,10H2,1H3,(H,19,21)(H,22,23). The monoisotopic (exact) mass is 330 g/mol. The highest BCUT2D eigenvalue weighted by Gasteiger charge is 2.40. The van der Waals surface area contributed by atoms with Gasteiger partial charge in [0, 0.05) is 11.3 Å². The molecule has 0 bridgehead atoms. The topological polar surface area (TPSA) is 78.9 Å². The smallest absolute Gasteiger partial charge is 0.412 e. The van der Waals surface area contributed by atoms with E-state index in [4.69, 9.17) is 4.74 Å². The summed E-state index contributed by atoms with van der Waals surface area (Å²) in [7, 11) is 0. The van der Waals surface area contributed by atoms with Crippen molar-refractivity contribution in [3.05, 3.63) is 59.9 Å². The fraction of sp³-hybridized carbons (Fsp3) is 0.176. The van der Waals surface area contributed by atoms with E-state index in [2.05, 4.69) is 5.32 Å². The molecule has 0 saturated carbocycles. The number of rotatable bonds is 3. The molecule has 0 aromatic heterocycles. The van der Waals surface area contributed by atoms with Gasteiger partial charge in [0.15, 0.2) is 5.60 Å². The summed E-state index contributed by atoms with van der Waals surface area (Å²) in [6, 6.07) is 12.1. The highest BCUT2D eigenvalue weighted by Crippen LogP contribution is 2.37. The van der Waals surface area contributed by atoms with Crippen molar-refractivity contribution in [1.29, 1.82) is 0 Å². The van der Waals surface area contributed by atoms with E-state index in [0.29, 0.717) is 11.3 Å². The van der Waals surface area contributed by atoms with Gasteiger partial charge in [-0.3, -0.25) is 10.2 Å². The van der Waals surface area contributed by atoms with Crippen LogP contribution in [0.1, 0.15) is 12.5 Å². The fourth-order valence-corrected chi connectivity index (χ4v) is 2.76. The van der Waals surface area contributed by atoms with Crippen LogP contribution in [-0.4, -0.2) is 23.8 Å². The first-order valence-corrected chi connectivity index (χ1v) is 7.24. The van der Waals surface area contributed by atoms with E-state index in [-0.39, 0.29) is 12.2 Å². The number of carbonyl (C=O) groups is 2. The fourth-order valence-electron chi connectivity index (χ4n) is 2.76. The molecule has 0 fully saturated rings. The number of halogens is 1. The Kier molecular flexibility index (Phi) is 3.84. The van der Waals surface area contributed by atoms with Gasteiger partial charge in [-0.1, -0.05) is 18.2 Å². The van der Waals surface area contributed by atoms with Crippen LogP contribution in [0.3, 0.4) is 0 Å². The van der Waals surface area contributed by atoms with Crippen LogP contribution in [-0.2, 0) is 10.3 Å². The summed E-state index contributed by atoms with van der Waals surface area (Å²) in [5.41, 5.74) is 0.349. The van der Waals surface area contributed by atoms with Gasteiger partial charge in [-0.05, 0) is 37.3 Å². The summed E-state index contributed by atoms with van der Waals surface area (Å²) in [4.78, 5) is 24.5. The number of nitrogens with zero attached hydrogens (tertiary/aromatic N) is 1. The van der Waals surface area contributed by atoms with Gasteiger partial charge < -0.3 is 9.84 Å². The van der Waals surface area contributed by atoms with Gasteiger partial charge in [0.1, 0.15) is 5.82 Å². The minimum Gasteiger partial charge on any atom is -0.465 e. The number of fused-ring (bicyclic) bond motifs is 1. The van der Waals surface area contributed by atoms with E-state index in [9.17, 15) is 19.1 Å². The van der Waals surface area contributed by atoms with Crippen molar-refractivity contribution in [2.45, 2.75) is 12.5 Å². The lowest BCUT2D eigenvalue weighted by Gasteiger charge is -2.38. The number of benzene rings is 2. The molecule has 1 aliphatic rings. The molecule has 124 valence electrons. The Morgan fingerprint density at radius 3 is 2.58 bits per heavy atom. The van der Waals surface area contributed by atoms with Gasteiger partial charge in [0.25, 0.3) is 0 Å². The molecule has 6 nitrogen and oxygen atoms in total. The van der Waals surface area contributed by atoms with Crippen LogP contribution in [0.5, 0.6) is 0 Å². The summed E-state index contributed by atoms with van der Waals surface area (Å²) < 4.78 is 18.5. The number of hydrogen-bond donors (Lipinski definition) is 2. The van der Waals surface area contributed by atoms with Crippen molar-refractivity contribution < 1.29 is 23.8 Å². The Hall–Kier alpha value is -3.09. The van der Waals surface area contributed by atoms with E-state index < -0.39 is 23.6 Å². The van der Waals surface area contributed by atoms with Crippen LogP contribution in [0.2, 0.25) is 0 Å². The number of hydrogen-bond acceptors (Lipinski definition) is 3. The van der Waals surface area contributed by atoms with E-state index in [1.165, 1.54) is 24.3 Å². The molecule has 1 heterocycles. The Morgan fingerprint density at radius 1 is 1.25 bits per heavy atom. The number of carbonyl (C=O) groups excluding carboxylic acids is 1. The molecule has 1 atom stereocenters. The van der Waals surface area contributed by atoms with Crippen LogP contribution in [0, 0.1) is 5.82 Å². The van der Waals surface area contributed by atoms with Crippen LogP contribution in [0.15, 0.2) is 48.5 Å². The van der Waals surface area contributed by atoms with E-state index >= 15 is 0 Å². The summed E-state index contributed by atoms with van der Waals surface area (Å²) in [6.45, 7) is 1.52. The average molecular weight is 330 g/mol. The molecule has 7 heteroatoms. The van der Waals surface area contributed by atoms with E-state index in [1.807, 2.05) is 0 Å². The number of amides is 2. The minimum absolute atomic E-state index is 0.127. The molecule has 2 aromatic rings. The molecule has 2 N–H and O–H groups in total. The highest BCUT2D eigenvalue weighted by atomic mass is 19.1. The van der Waals surface area contributed by atoms with Crippen LogP contribution in [0.25, 0.3) is 0 Å². The molecule has 0 saturated heterocycles. The lowest BCUT2D eigenvalue weighted by Crippen LogP contribution is -2.47. The third-order valence-corrected chi connectivity index (χ3v) is 3.88. The first-order chi connectivity index (χ1) is 11.4. The molecule has 2 amide bonds. The van der Waals surface area contributed by atoms with Crippen molar-refractivity contribution >= 4 is 23.6 Å². The van der Waals surface area contributed by atoms with Gasteiger partial charge in [0.05, 0.1) is 12.2 Å². The van der Waals surface area contributed by atoms with E-state index in [0.717, 1.165) is 4.90 Å². The average Bonchev–Trinajstić information content (AvgIpc) is 2.53. The molecule has 3 rings (SSSR count). The van der Waals surface area contributed by atoms with Crippen molar-refractivity contribution in [2.75, 3.05) is 16.8 Å². The number of ether oxygens (including phenoxy) is 1. The molecule has 2 aromatic carbocycles. The summed E-state index contributed by atoms with van der Waals surface area (Å²) in [6.07, 6.45) is -1.88. The van der Waals surface area contributed by atoms with Gasteiger partial charge in [-0.15, -0.1) is 0 Å². The molecular formula is C17H15FN2O4. The Labute approximate surface area is 137 Å². The van der Waals surface area contributed by atoms with Crippen LogP contribution >= 0.6 is 0 Å². The van der Waals surface area contributed by atoms with Crippen molar-refractivity contribution in [1.82, 2.24) is 0 Å². The zero-order valence-electron chi connectivity index (χ0n) is 12.8. The zero-order valence-corrected chi connectivity index (χ0v) is 12.8. The Bertz CT molecular complexity index is 793. The second-order valence-corrected chi connectivity index (χ2v) is 5.64. The lowest BCUT2D eigenvalue weighted by molar-refractivity contribution is 0.0322. The Morgan fingerprint density at radius 2 is 1.92 bits per heavy atom.